The van der Waals surface area contributed by atoms with Gasteiger partial charge < -0.3 is 20.5 Å². The molecule has 0 spiro atoms. The molecular formula is C17H21FN2O5. The quantitative estimate of drug-likeness (QED) is 0.609. The minimum Gasteiger partial charge on any atom is -0.480 e. The van der Waals surface area contributed by atoms with Gasteiger partial charge in [-0.1, -0.05) is 12.1 Å². The van der Waals surface area contributed by atoms with E-state index in [0.29, 0.717) is 5.56 Å². The molecule has 0 unspecified atom stereocenters. The van der Waals surface area contributed by atoms with Crippen molar-refractivity contribution in [3.05, 3.63) is 35.6 Å². The lowest BCUT2D eigenvalue weighted by Crippen LogP contribution is -2.52. The molecule has 0 aliphatic carbocycles. The summed E-state index contributed by atoms with van der Waals surface area (Å²) in [6.07, 6.45) is 0.0461. The normalized spacial score (nSPS) is 12.8. The fraction of sp³-hybridized carbons (Fsp3) is 0.412. The number of benzene rings is 1. The van der Waals surface area contributed by atoms with Crippen LogP contribution in [0.1, 0.15) is 32.3 Å². The predicted octanol–water partition coefficient (Wildman–Crippen LogP) is 0.811. The van der Waals surface area contributed by atoms with Crippen molar-refractivity contribution in [1.82, 2.24) is 10.6 Å². The Hall–Kier alpha value is -2.77. The molecule has 0 saturated heterocycles. The predicted molar refractivity (Wildman–Crippen MR) is 87.2 cm³/mol. The second-order valence-electron chi connectivity index (χ2n) is 5.72. The van der Waals surface area contributed by atoms with Gasteiger partial charge in [-0.3, -0.25) is 9.59 Å². The Kier molecular flexibility index (Phi) is 7.71. The summed E-state index contributed by atoms with van der Waals surface area (Å²) in [6, 6.07) is 3.16. The van der Waals surface area contributed by atoms with E-state index >= 15 is 0 Å². The van der Waals surface area contributed by atoms with Crippen LogP contribution < -0.4 is 10.6 Å². The molecular weight excluding hydrogens is 331 g/mol. The van der Waals surface area contributed by atoms with E-state index in [4.69, 9.17) is 5.11 Å². The number of carboxylic acids is 1. The van der Waals surface area contributed by atoms with Crippen molar-refractivity contribution in [2.45, 2.75) is 45.2 Å². The molecule has 0 aromatic heterocycles. The number of aliphatic carboxylic acids is 1. The van der Waals surface area contributed by atoms with Gasteiger partial charge in [0.25, 0.3) is 0 Å². The molecule has 0 bridgehead atoms. The van der Waals surface area contributed by atoms with Crippen LogP contribution in [-0.4, -0.2) is 40.8 Å². The van der Waals surface area contributed by atoms with Gasteiger partial charge in [0, 0.05) is 19.8 Å². The van der Waals surface area contributed by atoms with E-state index in [1.807, 2.05) is 0 Å². The van der Waals surface area contributed by atoms with Crippen LogP contribution in [0, 0.1) is 5.82 Å². The number of amides is 2. The second kappa shape index (κ2) is 9.51. The van der Waals surface area contributed by atoms with Crippen LogP contribution in [-0.2, 0) is 25.6 Å². The standard InChI is InChI=1S/C17H21FN2O5/c1-10(21)3-8-14(17(24)25)20-16(23)15(19-11(2)22)9-12-4-6-13(18)7-5-12/h4-7,14-15H,3,8-9H2,1-2H3,(H,19,22)(H,20,23)(H,24,25)/t14-,15-/m0/s1. The first kappa shape index (κ1) is 20.3. The molecule has 1 aromatic carbocycles. The van der Waals surface area contributed by atoms with E-state index in [9.17, 15) is 23.6 Å². The summed E-state index contributed by atoms with van der Waals surface area (Å²) in [5, 5.41) is 13.9. The van der Waals surface area contributed by atoms with Crippen LogP contribution >= 0.6 is 0 Å². The summed E-state index contributed by atoms with van der Waals surface area (Å²) < 4.78 is 13.0. The molecule has 3 N–H and O–H groups in total. The van der Waals surface area contributed by atoms with Gasteiger partial charge >= 0.3 is 5.97 Å². The zero-order valence-corrected chi connectivity index (χ0v) is 14.0. The Labute approximate surface area is 144 Å². The molecule has 2 atom stereocenters. The maximum Gasteiger partial charge on any atom is 0.326 e. The van der Waals surface area contributed by atoms with Crippen LogP contribution in [0.5, 0.6) is 0 Å². The molecule has 0 saturated carbocycles. The summed E-state index contributed by atoms with van der Waals surface area (Å²) in [4.78, 5) is 45.9. The van der Waals surface area contributed by atoms with Gasteiger partial charge in [0.15, 0.2) is 0 Å². The lowest BCUT2D eigenvalue weighted by atomic mass is 10.0. The van der Waals surface area contributed by atoms with Gasteiger partial charge in [-0.05, 0) is 31.0 Å². The van der Waals surface area contributed by atoms with Gasteiger partial charge in [-0.2, -0.15) is 0 Å². The van der Waals surface area contributed by atoms with E-state index in [2.05, 4.69) is 10.6 Å². The Morgan fingerprint density at radius 2 is 1.64 bits per heavy atom. The third-order valence-corrected chi connectivity index (χ3v) is 3.45. The highest BCUT2D eigenvalue weighted by molar-refractivity contribution is 5.90. The number of ketones is 1. The number of carbonyl (C=O) groups is 4. The molecule has 2 amide bonds. The molecule has 136 valence electrons. The van der Waals surface area contributed by atoms with Gasteiger partial charge in [0.2, 0.25) is 11.8 Å². The summed E-state index contributed by atoms with van der Waals surface area (Å²) in [6.45, 7) is 2.56. The van der Waals surface area contributed by atoms with Crippen LogP contribution in [0.25, 0.3) is 0 Å². The number of hydrogen-bond acceptors (Lipinski definition) is 4. The van der Waals surface area contributed by atoms with Crippen molar-refractivity contribution in [3.8, 4) is 0 Å². The van der Waals surface area contributed by atoms with Crippen LogP contribution in [0.4, 0.5) is 4.39 Å². The summed E-state index contributed by atoms with van der Waals surface area (Å²) in [5.41, 5.74) is 0.603. The molecule has 0 radical (unpaired) electrons. The molecule has 7 nitrogen and oxygen atoms in total. The highest BCUT2D eigenvalue weighted by atomic mass is 19.1. The molecule has 8 heteroatoms. The van der Waals surface area contributed by atoms with E-state index in [0.717, 1.165) is 0 Å². The van der Waals surface area contributed by atoms with E-state index < -0.39 is 35.7 Å². The summed E-state index contributed by atoms with van der Waals surface area (Å²) in [7, 11) is 0. The maximum atomic E-state index is 13.0. The van der Waals surface area contributed by atoms with Gasteiger partial charge in [-0.25, -0.2) is 9.18 Å². The summed E-state index contributed by atoms with van der Waals surface area (Å²) in [5.74, 6) is -3.03. The zero-order chi connectivity index (χ0) is 19.0. The van der Waals surface area contributed by atoms with Crippen LogP contribution in [0.2, 0.25) is 0 Å². The van der Waals surface area contributed by atoms with Gasteiger partial charge in [-0.15, -0.1) is 0 Å². The minimum absolute atomic E-state index is 0.0139. The maximum absolute atomic E-state index is 13.0. The smallest absolute Gasteiger partial charge is 0.326 e. The summed E-state index contributed by atoms with van der Waals surface area (Å²) >= 11 is 0. The number of nitrogens with one attached hydrogen (secondary N) is 2. The molecule has 25 heavy (non-hydrogen) atoms. The van der Waals surface area contributed by atoms with E-state index in [1.54, 1.807) is 0 Å². The number of halogens is 1. The Morgan fingerprint density at radius 3 is 2.12 bits per heavy atom. The minimum atomic E-state index is -1.27. The first-order valence-corrected chi connectivity index (χ1v) is 7.73. The van der Waals surface area contributed by atoms with E-state index in [-0.39, 0.29) is 25.0 Å². The van der Waals surface area contributed by atoms with Crippen LogP contribution in [0.15, 0.2) is 24.3 Å². The SMILES string of the molecule is CC(=O)CC[C@H](NC(=O)[C@H](Cc1ccc(F)cc1)NC(C)=O)C(=O)O. The Bertz CT molecular complexity index is 645. The van der Waals surface area contributed by atoms with Crippen molar-refractivity contribution in [1.29, 1.82) is 0 Å². The topological polar surface area (TPSA) is 113 Å². The van der Waals surface area contributed by atoms with Crippen molar-refractivity contribution in [2.75, 3.05) is 0 Å². The van der Waals surface area contributed by atoms with Crippen molar-refractivity contribution in [2.24, 2.45) is 0 Å². The molecule has 0 aliphatic rings. The lowest BCUT2D eigenvalue weighted by molar-refractivity contribution is -0.142. The van der Waals surface area contributed by atoms with E-state index in [1.165, 1.54) is 38.1 Å². The second-order valence-corrected chi connectivity index (χ2v) is 5.72. The highest BCUT2D eigenvalue weighted by Crippen LogP contribution is 2.07. The highest BCUT2D eigenvalue weighted by Gasteiger charge is 2.26. The zero-order valence-electron chi connectivity index (χ0n) is 14.0. The third kappa shape index (κ3) is 7.56. The van der Waals surface area contributed by atoms with Gasteiger partial charge in [0.1, 0.15) is 23.7 Å². The van der Waals surface area contributed by atoms with Crippen LogP contribution in [0.3, 0.4) is 0 Å². The molecule has 0 aliphatic heterocycles. The molecule has 1 aromatic rings. The first-order chi connectivity index (χ1) is 11.7. The fourth-order valence-corrected chi connectivity index (χ4v) is 2.19. The number of carboxylic acid groups (broad SMARTS) is 1. The molecule has 0 fully saturated rings. The monoisotopic (exact) mass is 352 g/mol. The van der Waals surface area contributed by atoms with Crippen molar-refractivity contribution < 1.29 is 28.7 Å². The lowest BCUT2D eigenvalue weighted by Gasteiger charge is -2.21. The number of hydrogen-bond donors (Lipinski definition) is 3. The molecule has 1 rings (SSSR count). The molecule has 0 heterocycles. The third-order valence-electron chi connectivity index (χ3n) is 3.45. The van der Waals surface area contributed by atoms with Crippen molar-refractivity contribution >= 4 is 23.6 Å². The Morgan fingerprint density at radius 1 is 1.04 bits per heavy atom. The largest absolute Gasteiger partial charge is 0.480 e. The van der Waals surface area contributed by atoms with Crippen molar-refractivity contribution in [3.63, 3.8) is 0 Å². The Balaban J connectivity index is 2.83. The number of rotatable bonds is 9. The number of carbonyl (C=O) groups excluding carboxylic acids is 3. The first-order valence-electron chi connectivity index (χ1n) is 7.73. The fourth-order valence-electron chi connectivity index (χ4n) is 2.19. The number of Topliss-reactive ketones (excluding diaryl/α,β-unsaturated/α-hetero) is 1. The average Bonchev–Trinajstić information content (AvgIpc) is 2.51. The average molecular weight is 352 g/mol. The van der Waals surface area contributed by atoms with Gasteiger partial charge in [0.05, 0.1) is 0 Å².